The molecular weight excluding hydrogens is 270 g/mol. The van der Waals surface area contributed by atoms with Crippen LogP contribution in [0.5, 0.6) is 11.8 Å². The second kappa shape index (κ2) is 6.06. The molecule has 1 aliphatic rings. The smallest absolute Gasteiger partial charge is 0.278 e. The van der Waals surface area contributed by atoms with Gasteiger partial charge in [-0.05, 0) is 6.92 Å². The number of aromatic nitrogens is 2. The van der Waals surface area contributed by atoms with Crippen molar-refractivity contribution in [3.63, 3.8) is 0 Å². The third-order valence-corrected chi connectivity index (χ3v) is 3.09. The second-order valence-electron chi connectivity index (χ2n) is 4.30. The average molecular weight is 286 g/mol. The summed E-state index contributed by atoms with van der Waals surface area (Å²) in [4.78, 5) is 21.5. The summed E-state index contributed by atoms with van der Waals surface area (Å²) in [5.41, 5.74) is 0. The fourth-order valence-electron chi connectivity index (χ4n) is 1.97. The van der Waals surface area contributed by atoms with E-state index in [1.54, 1.807) is 11.8 Å². The highest BCUT2D eigenvalue weighted by Gasteiger charge is 2.30. The van der Waals surface area contributed by atoms with E-state index in [4.69, 9.17) is 21.1 Å². The summed E-state index contributed by atoms with van der Waals surface area (Å²) in [6.45, 7) is 2.82. The summed E-state index contributed by atoms with van der Waals surface area (Å²) < 4.78 is 10.8. The van der Waals surface area contributed by atoms with E-state index in [-0.39, 0.29) is 12.0 Å². The van der Waals surface area contributed by atoms with Gasteiger partial charge >= 0.3 is 0 Å². The van der Waals surface area contributed by atoms with Crippen LogP contribution in [-0.4, -0.2) is 52.5 Å². The SMILES string of the molecule is COc1nccnc1OC1CCN(C(=O)C(C)Cl)C1. The van der Waals surface area contributed by atoms with Gasteiger partial charge in [0.25, 0.3) is 11.8 Å². The molecule has 1 saturated heterocycles. The zero-order valence-electron chi connectivity index (χ0n) is 10.9. The van der Waals surface area contributed by atoms with Gasteiger partial charge in [-0.2, -0.15) is 0 Å². The van der Waals surface area contributed by atoms with Gasteiger partial charge in [0.15, 0.2) is 0 Å². The summed E-state index contributed by atoms with van der Waals surface area (Å²) in [7, 11) is 1.51. The number of alkyl halides is 1. The quantitative estimate of drug-likeness (QED) is 0.775. The summed E-state index contributed by atoms with van der Waals surface area (Å²) in [5.74, 6) is 0.625. The number of methoxy groups -OCH3 is 1. The lowest BCUT2D eigenvalue weighted by Gasteiger charge is -2.18. The van der Waals surface area contributed by atoms with E-state index >= 15 is 0 Å². The Balaban J connectivity index is 1.97. The molecule has 19 heavy (non-hydrogen) atoms. The van der Waals surface area contributed by atoms with Crippen molar-refractivity contribution in [2.45, 2.75) is 24.8 Å². The van der Waals surface area contributed by atoms with Gasteiger partial charge in [-0.15, -0.1) is 11.6 Å². The molecule has 0 bridgehead atoms. The molecular formula is C12H16ClN3O3. The monoisotopic (exact) mass is 285 g/mol. The number of ether oxygens (including phenoxy) is 2. The molecule has 2 heterocycles. The second-order valence-corrected chi connectivity index (χ2v) is 4.95. The van der Waals surface area contributed by atoms with Crippen LogP contribution in [0.15, 0.2) is 12.4 Å². The number of likely N-dealkylation sites (tertiary alicyclic amines) is 1. The standard InChI is InChI=1S/C12H16ClN3O3/c1-8(13)12(17)16-6-3-9(7-16)19-11-10(18-2)14-4-5-15-11/h4-5,8-9H,3,6-7H2,1-2H3. The predicted octanol–water partition coefficient (Wildman–Crippen LogP) is 1.09. The van der Waals surface area contributed by atoms with Crippen molar-refractivity contribution in [2.24, 2.45) is 0 Å². The Morgan fingerprint density at radius 3 is 2.79 bits per heavy atom. The molecule has 6 nitrogen and oxygen atoms in total. The van der Waals surface area contributed by atoms with E-state index in [2.05, 4.69) is 9.97 Å². The summed E-state index contributed by atoms with van der Waals surface area (Å²) in [6, 6.07) is 0. The van der Waals surface area contributed by atoms with Crippen LogP contribution in [0.25, 0.3) is 0 Å². The molecule has 1 amide bonds. The van der Waals surface area contributed by atoms with Crippen LogP contribution in [0.1, 0.15) is 13.3 Å². The lowest BCUT2D eigenvalue weighted by atomic mass is 10.3. The average Bonchev–Trinajstić information content (AvgIpc) is 2.87. The van der Waals surface area contributed by atoms with Crippen molar-refractivity contribution < 1.29 is 14.3 Å². The molecule has 7 heteroatoms. The minimum Gasteiger partial charge on any atom is -0.477 e. The predicted molar refractivity (Wildman–Crippen MR) is 69.5 cm³/mol. The minimum atomic E-state index is -0.509. The maximum absolute atomic E-state index is 11.8. The van der Waals surface area contributed by atoms with Crippen molar-refractivity contribution >= 4 is 17.5 Å². The van der Waals surface area contributed by atoms with Gasteiger partial charge in [-0.25, -0.2) is 9.97 Å². The molecule has 0 aromatic carbocycles. The van der Waals surface area contributed by atoms with Gasteiger partial charge in [-0.3, -0.25) is 4.79 Å². The number of carbonyl (C=O) groups is 1. The maximum atomic E-state index is 11.8. The van der Waals surface area contributed by atoms with Crippen LogP contribution >= 0.6 is 11.6 Å². The lowest BCUT2D eigenvalue weighted by molar-refractivity contribution is -0.129. The molecule has 1 aromatic heterocycles. The summed E-state index contributed by atoms with van der Waals surface area (Å²) in [5, 5.41) is -0.509. The van der Waals surface area contributed by atoms with E-state index in [0.29, 0.717) is 24.8 Å². The van der Waals surface area contributed by atoms with Crippen molar-refractivity contribution in [2.75, 3.05) is 20.2 Å². The highest BCUT2D eigenvalue weighted by molar-refractivity contribution is 6.30. The van der Waals surface area contributed by atoms with Gasteiger partial charge in [-0.1, -0.05) is 0 Å². The van der Waals surface area contributed by atoms with Gasteiger partial charge in [0, 0.05) is 25.4 Å². The van der Waals surface area contributed by atoms with Crippen LogP contribution in [0.3, 0.4) is 0 Å². The summed E-state index contributed by atoms with van der Waals surface area (Å²) >= 11 is 5.79. The molecule has 1 aliphatic heterocycles. The van der Waals surface area contributed by atoms with Crippen molar-refractivity contribution in [3.8, 4) is 11.8 Å². The van der Waals surface area contributed by atoms with E-state index in [9.17, 15) is 4.79 Å². The minimum absolute atomic E-state index is 0.0705. The molecule has 0 saturated carbocycles. The van der Waals surface area contributed by atoms with Gasteiger partial charge in [0.2, 0.25) is 5.91 Å². The number of amides is 1. The van der Waals surface area contributed by atoms with Crippen molar-refractivity contribution in [1.82, 2.24) is 14.9 Å². The molecule has 2 atom stereocenters. The van der Waals surface area contributed by atoms with Gasteiger partial charge in [0.1, 0.15) is 11.5 Å². The van der Waals surface area contributed by atoms with Crippen LogP contribution < -0.4 is 9.47 Å². The molecule has 0 N–H and O–H groups in total. The topological polar surface area (TPSA) is 64.6 Å². The van der Waals surface area contributed by atoms with Crippen molar-refractivity contribution in [1.29, 1.82) is 0 Å². The number of hydrogen-bond donors (Lipinski definition) is 0. The Kier molecular flexibility index (Phi) is 4.42. The van der Waals surface area contributed by atoms with E-state index in [1.807, 2.05) is 0 Å². The summed E-state index contributed by atoms with van der Waals surface area (Å²) in [6.07, 6.45) is 3.71. The number of halogens is 1. The maximum Gasteiger partial charge on any atom is 0.278 e. The van der Waals surface area contributed by atoms with E-state index in [0.717, 1.165) is 6.42 Å². The first-order chi connectivity index (χ1) is 9.11. The Morgan fingerprint density at radius 2 is 2.16 bits per heavy atom. The fourth-order valence-corrected chi connectivity index (χ4v) is 2.11. The third kappa shape index (κ3) is 3.26. The third-order valence-electron chi connectivity index (χ3n) is 2.90. The number of carbonyl (C=O) groups excluding carboxylic acids is 1. The zero-order valence-corrected chi connectivity index (χ0v) is 11.6. The first-order valence-corrected chi connectivity index (χ1v) is 6.50. The van der Waals surface area contributed by atoms with E-state index < -0.39 is 5.38 Å². The largest absolute Gasteiger partial charge is 0.477 e. The van der Waals surface area contributed by atoms with Gasteiger partial charge in [0.05, 0.1) is 13.7 Å². The van der Waals surface area contributed by atoms with Crippen molar-refractivity contribution in [3.05, 3.63) is 12.4 Å². The van der Waals surface area contributed by atoms with Crippen LogP contribution in [-0.2, 0) is 4.79 Å². The van der Waals surface area contributed by atoms with Crippen LogP contribution in [0.4, 0.5) is 0 Å². The van der Waals surface area contributed by atoms with Crippen LogP contribution in [0, 0.1) is 0 Å². The molecule has 1 aromatic rings. The molecule has 2 unspecified atom stereocenters. The molecule has 1 fully saturated rings. The molecule has 0 aliphatic carbocycles. The fraction of sp³-hybridized carbons (Fsp3) is 0.583. The lowest BCUT2D eigenvalue weighted by Crippen LogP contribution is -2.35. The highest BCUT2D eigenvalue weighted by atomic mass is 35.5. The number of nitrogens with zero attached hydrogens (tertiary/aromatic N) is 3. The Hall–Kier alpha value is -1.56. The van der Waals surface area contributed by atoms with Gasteiger partial charge < -0.3 is 14.4 Å². The highest BCUT2D eigenvalue weighted by Crippen LogP contribution is 2.24. The zero-order chi connectivity index (χ0) is 13.8. The Bertz CT molecular complexity index is 456. The molecule has 104 valence electrons. The number of rotatable bonds is 4. The normalized spacial score (nSPS) is 20.2. The van der Waals surface area contributed by atoms with E-state index in [1.165, 1.54) is 19.5 Å². The molecule has 0 spiro atoms. The Morgan fingerprint density at radius 1 is 1.47 bits per heavy atom. The Labute approximate surface area is 116 Å². The molecule has 0 radical (unpaired) electrons. The number of hydrogen-bond acceptors (Lipinski definition) is 5. The van der Waals surface area contributed by atoms with Crippen LogP contribution in [0.2, 0.25) is 0 Å². The first kappa shape index (κ1) is 13.9. The first-order valence-electron chi connectivity index (χ1n) is 6.06. The molecule has 2 rings (SSSR count).